The predicted octanol–water partition coefficient (Wildman–Crippen LogP) is 13.1. The molecule has 0 radical (unpaired) electrons. The minimum atomic E-state index is 0. The molecule has 2 N–H and O–H groups in total. The summed E-state index contributed by atoms with van der Waals surface area (Å²) in [5.74, 6) is 1.46. The molecule has 274 valence electrons. The molecule has 2 atom stereocenters. The van der Waals surface area contributed by atoms with Crippen molar-refractivity contribution in [2.24, 2.45) is 11.8 Å². The van der Waals surface area contributed by atoms with E-state index in [4.69, 9.17) is 0 Å². The minimum Gasteiger partial charge on any atom is -0.396 e. The zero-order valence-corrected chi connectivity index (χ0v) is 32.2. The van der Waals surface area contributed by atoms with Crippen LogP contribution >= 0.6 is 12.4 Å². The first-order valence-corrected chi connectivity index (χ1v) is 20.6. The normalized spacial score (nSPS) is 12.9. The van der Waals surface area contributed by atoms with Crippen molar-refractivity contribution in [1.29, 1.82) is 0 Å². The average molecular weight is 661 g/mol. The summed E-state index contributed by atoms with van der Waals surface area (Å²) >= 11 is 0. The summed E-state index contributed by atoms with van der Waals surface area (Å²) in [5.41, 5.74) is 0. The second kappa shape index (κ2) is 40.3. The van der Waals surface area contributed by atoms with Crippen LogP contribution in [-0.2, 0) is 0 Å². The Hall–Kier alpha value is 0.170. The van der Waals surface area contributed by atoms with E-state index in [2.05, 4.69) is 25.8 Å². The van der Waals surface area contributed by atoms with Crippen LogP contribution in [0.25, 0.3) is 0 Å². The molecule has 0 rings (SSSR count). The van der Waals surface area contributed by atoms with Gasteiger partial charge in [0.15, 0.2) is 0 Å². The summed E-state index contributed by atoms with van der Waals surface area (Å²) in [4.78, 5) is 2.54. The van der Waals surface area contributed by atoms with E-state index in [1.807, 2.05) is 0 Å². The second-order valence-corrected chi connectivity index (χ2v) is 14.7. The summed E-state index contributed by atoms with van der Waals surface area (Å²) in [6, 6.07) is 0. The molecule has 0 aliphatic rings. The lowest BCUT2D eigenvalue weighted by molar-refractivity contribution is 0.235. The zero-order chi connectivity index (χ0) is 32.2. The van der Waals surface area contributed by atoms with E-state index in [1.54, 1.807) is 0 Å². The summed E-state index contributed by atoms with van der Waals surface area (Å²) < 4.78 is 0. The topological polar surface area (TPSA) is 43.7 Å². The third-order valence-electron chi connectivity index (χ3n) is 10.3. The first-order valence-electron chi connectivity index (χ1n) is 20.6. The largest absolute Gasteiger partial charge is 0.396 e. The number of aliphatic hydroxyl groups is 2. The highest BCUT2D eigenvalue weighted by atomic mass is 35.5. The Morgan fingerprint density at radius 2 is 0.600 bits per heavy atom. The molecule has 0 heterocycles. The van der Waals surface area contributed by atoms with E-state index in [0.717, 1.165) is 24.7 Å². The standard InChI is InChI=1S/C41H85NO2.ClH/c1-4-6-8-10-12-14-16-18-20-22-24-30-40(34-38-43)32-26-28-36-42(3)37-29-27-33-41(35-39-44)31-25-23-21-19-17-15-13-11-9-7-5-2;/h40-41,43-44H,4-39H2,1-3H3;1H. The van der Waals surface area contributed by atoms with Crippen molar-refractivity contribution in [2.45, 2.75) is 219 Å². The van der Waals surface area contributed by atoms with Crippen LogP contribution in [0.1, 0.15) is 219 Å². The maximum absolute atomic E-state index is 9.56. The van der Waals surface area contributed by atoms with E-state index in [9.17, 15) is 10.2 Å². The molecule has 0 aromatic carbocycles. The lowest BCUT2D eigenvalue weighted by atomic mass is 9.92. The molecule has 0 amide bonds. The van der Waals surface area contributed by atoms with Crippen molar-refractivity contribution >= 4 is 12.4 Å². The monoisotopic (exact) mass is 660 g/mol. The van der Waals surface area contributed by atoms with Gasteiger partial charge in [-0.3, -0.25) is 0 Å². The molecule has 0 spiro atoms. The fraction of sp³-hybridized carbons (Fsp3) is 1.00. The highest BCUT2D eigenvalue weighted by molar-refractivity contribution is 5.85. The smallest absolute Gasteiger partial charge is 0.0433 e. The van der Waals surface area contributed by atoms with Crippen LogP contribution in [-0.4, -0.2) is 48.5 Å². The Morgan fingerprint density at radius 3 is 0.867 bits per heavy atom. The molecule has 3 nitrogen and oxygen atoms in total. The van der Waals surface area contributed by atoms with Crippen LogP contribution in [0.4, 0.5) is 0 Å². The molecule has 45 heavy (non-hydrogen) atoms. The Bertz CT molecular complexity index is 476. The molecule has 4 heteroatoms. The number of aliphatic hydroxyl groups excluding tert-OH is 2. The summed E-state index contributed by atoms with van der Waals surface area (Å²) in [7, 11) is 2.30. The fourth-order valence-electron chi connectivity index (χ4n) is 7.17. The minimum absolute atomic E-state index is 0. The first kappa shape index (κ1) is 47.3. The van der Waals surface area contributed by atoms with Gasteiger partial charge < -0.3 is 15.1 Å². The Morgan fingerprint density at radius 1 is 0.356 bits per heavy atom. The van der Waals surface area contributed by atoms with Crippen molar-refractivity contribution in [1.82, 2.24) is 4.90 Å². The molecule has 0 aromatic rings. The van der Waals surface area contributed by atoms with Crippen LogP contribution in [0, 0.1) is 11.8 Å². The van der Waals surface area contributed by atoms with Gasteiger partial charge in [-0.2, -0.15) is 0 Å². The number of rotatable bonds is 38. The number of halogens is 1. The van der Waals surface area contributed by atoms with Gasteiger partial charge in [0.25, 0.3) is 0 Å². The van der Waals surface area contributed by atoms with Crippen molar-refractivity contribution < 1.29 is 10.2 Å². The maximum atomic E-state index is 9.56. The predicted molar refractivity (Wildman–Crippen MR) is 205 cm³/mol. The van der Waals surface area contributed by atoms with Crippen LogP contribution in [0.15, 0.2) is 0 Å². The molecular formula is C41H86ClNO2. The molecule has 0 bridgehead atoms. The molecular weight excluding hydrogens is 574 g/mol. The van der Waals surface area contributed by atoms with Crippen LogP contribution < -0.4 is 0 Å². The first-order chi connectivity index (χ1) is 21.7. The molecule has 0 fully saturated rings. The molecule has 0 saturated carbocycles. The highest BCUT2D eigenvalue weighted by Crippen LogP contribution is 2.23. The Kier molecular flexibility index (Phi) is 42.4. The van der Waals surface area contributed by atoms with Crippen LogP contribution in [0.5, 0.6) is 0 Å². The van der Waals surface area contributed by atoms with Gasteiger partial charge in [0.05, 0.1) is 0 Å². The molecule has 0 saturated heterocycles. The fourth-order valence-corrected chi connectivity index (χ4v) is 7.17. The lowest BCUT2D eigenvalue weighted by Crippen LogP contribution is -2.21. The highest BCUT2D eigenvalue weighted by Gasteiger charge is 2.10. The van der Waals surface area contributed by atoms with E-state index < -0.39 is 0 Å². The summed E-state index contributed by atoms with van der Waals surface area (Å²) in [6.45, 7) is 7.73. The van der Waals surface area contributed by atoms with Gasteiger partial charge in [0, 0.05) is 13.2 Å². The molecule has 0 aliphatic carbocycles. The van der Waals surface area contributed by atoms with Gasteiger partial charge in [-0.1, -0.05) is 194 Å². The van der Waals surface area contributed by atoms with E-state index in [-0.39, 0.29) is 12.4 Å². The van der Waals surface area contributed by atoms with E-state index >= 15 is 0 Å². The summed E-state index contributed by atoms with van der Waals surface area (Å²) in [6.07, 6.45) is 43.5. The second-order valence-electron chi connectivity index (χ2n) is 14.7. The Balaban J connectivity index is 0. The van der Waals surface area contributed by atoms with Crippen LogP contribution in [0.2, 0.25) is 0 Å². The average Bonchev–Trinajstić information content (AvgIpc) is 3.02. The molecule has 2 unspecified atom stereocenters. The quantitative estimate of drug-likeness (QED) is 0.0648. The van der Waals surface area contributed by atoms with Crippen LogP contribution in [0.3, 0.4) is 0 Å². The van der Waals surface area contributed by atoms with Crippen molar-refractivity contribution in [3.63, 3.8) is 0 Å². The zero-order valence-electron chi connectivity index (χ0n) is 31.4. The van der Waals surface area contributed by atoms with Crippen molar-refractivity contribution in [2.75, 3.05) is 33.4 Å². The SMILES string of the molecule is CCCCCCCCCCCCCC(CCO)CCCCN(C)CCCCC(CCO)CCCCCCCCCCCCC.Cl. The number of hydrogen-bond donors (Lipinski definition) is 2. The summed E-state index contributed by atoms with van der Waals surface area (Å²) in [5, 5.41) is 19.1. The maximum Gasteiger partial charge on any atom is 0.0433 e. The number of nitrogens with zero attached hydrogens (tertiary/aromatic N) is 1. The van der Waals surface area contributed by atoms with Gasteiger partial charge in [-0.25, -0.2) is 0 Å². The van der Waals surface area contributed by atoms with E-state index in [0.29, 0.717) is 13.2 Å². The van der Waals surface area contributed by atoms with Gasteiger partial charge >= 0.3 is 0 Å². The number of hydrogen-bond acceptors (Lipinski definition) is 3. The molecule has 0 aromatic heterocycles. The van der Waals surface area contributed by atoms with Crippen molar-refractivity contribution in [3.8, 4) is 0 Å². The lowest BCUT2D eigenvalue weighted by Gasteiger charge is -2.20. The van der Waals surface area contributed by atoms with Gasteiger partial charge in [0.2, 0.25) is 0 Å². The third-order valence-corrected chi connectivity index (χ3v) is 10.3. The number of unbranched alkanes of at least 4 members (excludes halogenated alkanes) is 22. The van der Waals surface area contributed by atoms with Crippen molar-refractivity contribution in [3.05, 3.63) is 0 Å². The Labute approximate surface area is 291 Å². The third kappa shape index (κ3) is 36.8. The van der Waals surface area contributed by atoms with Gasteiger partial charge in [-0.15, -0.1) is 12.4 Å². The molecule has 0 aliphatic heterocycles. The van der Waals surface area contributed by atoms with E-state index in [1.165, 1.54) is 206 Å². The van der Waals surface area contributed by atoms with Gasteiger partial charge in [0.1, 0.15) is 0 Å². The van der Waals surface area contributed by atoms with Gasteiger partial charge in [-0.05, 0) is 57.7 Å².